The standard InChI is InChI=1S/C8H14N2/c1-3-4-8-9-5-7(2)6-10-8/h5-6,8-9H,3-4H2,1-2H3. The Balaban J connectivity index is 2.37. The summed E-state index contributed by atoms with van der Waals surface area (Å²) in [5, 5.41) is 3.21. The predicted molar refractivity (Wildman–Crippen MR) is 44.1 cm³/mol. The molecule has 1 atom stereocenters. The molecule has 0 amide bonds. The normalized spacial score (nSPS) is 23.8. The molecule has 0 saturated heterocycles. The highest BCUT2D eigenvalue weighted by Gasteiger charge is 2.03. The van der Waals surface area contributed by atoms with Gasteiger partial charge in [-0.25, -0.2) is 0 Å². The van der Waals surface area contributed by atoms with Crippen molar-refractivity contribution in [2.75, 3.05) is 0 Å². The first-order valence-electron chi connectivity index (χ1n) is 3.79. The minimum Gasteiger partial charge on any atom is -0.370 e. The maximum absolute atomic E-state index is 4.30. The SMILES string of the molecule is CCCC1N=CC(C)=CN1. The highest BCUT2D eigenvalue weighted by atomic mass is 15.1. The smallest absolute Gasteiger partial charge is 0.118 e. The Kier molecular flexibility index (Phi) is 2.49. The summed E-state index contributed by atoms with van der Waals surface area (Å²) in [7, 11) is 0. The number of hydrogen-bond donors (Lipinski definition) is 1. The summed E-state index contributed by atoms with van der Waals surface area (Å²) in [4.78, 5) is 4.30. The largest absolute Gasteiger partial charge is 0.370 e. The number of rotatable bonds is 2. The Morgan fingerprint density at radius 1 is 1.70 bits per heavy atom. The van der Waals surface area contributed by atoms with Gasteiger partial charge in [-0.2, -0.15) is 0 Å². The molecule has 1 rings (SSSR count). The minimum atomic E-state index is 0.327. The molecule has 56 valence electrons. The van der Waals surface area contributed by atoms with Gasteiger partial charge in [0.25, 0.3) is 0 Å². The minimum absolute atomic E-state index is 0.327. The van der Waals surface area contributed by atoms with Crippen LogP contribution in [0.1, 0.15) is 26.7 Å². The van der Waals surface area contributed by atoms with E-state index < -0.39 is 0 Å². The third kappa shape index (κ3) is 1.87. The van der Waals surface area contributed by atoms with E-state index in [1.807, 2.05) is 19.3 Å². The van der Waals surface area contributed by atoms with Gasteiger partial charge in [-0.15, -0.1) is 0 Å². The van der Waals surface area contributed by atoms with Crippen LogP contribution in [0.5, 0.6) is 0 Å². The number of hydrogen-bond acceptors (Lipinski definition) is 2. The molecule has 1 unspecified atom stereocenters. The van der Waals surface area contributed by atoms with E-state index >= 15 is 0 Å². The molecule has 1 N–H and O–H groups in total. The predicted octanol–water partition coefficient (Wildman–Crippen LogP) is 1.69. The van der Waals surface area contributed by atoms with E-state index in [-0.39, 0.29) is 0 Å². The Morgan fingerprint density at radius 3 is 3.00 bits per heavy atom. The molecule has 1 aliphatic rings. The lowest BCUT2D eigenvalue weighted by Gasteiger charge is -2.15. The quantitative estimate of drug-likeness (QED) is 0.617. The van der Waals surface area contributed by atoms with Crippen molar-refractivity contribution in [2.45, 2.75) is 32.9 Å². The van der Waals surface area contributed by atoms with Gasteiger partial charge in [0.15, 0.2) is 0 Å². The van der Waals surface area contributed by atoms with Crippen molar-refractivity contribution in [2.24, 2.45) is 4.99 Å². The Bertz CT molecular complexity index is 159. The molecule has 0 aliphatic carbocycles. The molecule has 1 heterocycles. The number of aliphatic imine (C=N–C) groups is 1. The summed E-state index contributed by atoms with van der Waals surface area (Å²) in [6.07, 6.45) is 6.58. The fourth-order valence-electron chi connectivity index (χ4n) is 0.947. The zero-order valence-electron chi connectivity index (χ0n) is 6.59. The van der Waals surface area contributed by atoms with E-state index in [0.29, 0.717) is 6.17 Å². The number of allylic oxidation sites excluding steroid dienone is 1. The molecule has 0 aromatic rings. The fraction of sp³-hybridized carbons (Fsp3) is 0.625. The summed E-state index contributed by atoms with van der Waals surface area (Å²) < 4.78 is 0. The van der Waals surface area contributed by atoms with E-state index in [2.05, 4.69) is 17.2 Å². The monoisotopic (exact) mass is 138 g/mol. The summed E-state index contributed by atoms with van der Waals surface area (Å²) in [5.41, 5.74) is 1.20. The second-order valence-corrected chi connectivity index (χ2v) is 2.64. The maximum Gasteiger partial charge on any atom is 0.118 e. The molecule has 0 aromatic heterocycles. The molecule has 2 heteroatoms. The van der Waals surface area contributed by atoms with Gasteiger partial charge >= 0.3 is 0 Å². The first kappa shape index (κ1) is 7.32. The third-order valence-corrected chi connectivity index (χ3v) is 1.52. The van der Waals surface area contributed by atoms with Gasteiger partial charge in [-0.1, -0.05) is 13.3 Å². The van der Waals surface area contributed by atoms with Gasteiger partial charge < -0.3 is 5.32 Å². The van der Waals surface area contributed by atoms with E-state index in [1.54, 1.807) is 0 Å². The van der Waals surface area contributed by atoms with Crippen LogP contribution in [0.3, 0.4) is 0 Å². The molecule has 1 aliphatic heterocycles. The van der Waals surface area contributed by atoms with Gasteiger partial charge in [-0.3, -0.25) is 4.99 Å². The van der Waals surface area contributed by atoms with Crippen LogP contribution in [0.15, 0.2) is 16.8 Å². The van der Waals surface area contributed by atoms with Crippen molar-refractivity contribution in [3.05, 3.63) is 11.8 Å². The summed E-state index contributed by atoms with van der Waals surface area (Å²) in [6.45, 7) is 4.21. The van der Waals surface area contributed by atoms with Crippen LogP contribution in [0.2, 0.25) is 0 Å². The third-order valence-electron chi connectivity index (χ3n) is 1.52. The second kappa shape index (κ2) is 3.40. The van der Waals surface area contributed by atoms with E-state index in [0.717, 1.165) is 6.42 Å². The van der Waals surface area contributed by atoms with Gasteiger partial charge in [0, 0.05) is 12.4 Å². The average molecular weight is 138 g/mol. The fourth-order valence-corrected chi connectivity index (χ4v) is 0.947. The molecular weight excluding hydrogens is 124 g/mol. The zero-order valence-corrected chi connectivity index (χ0v) is 6.59. The molecule has 2 nitrogen and oxygen atoms in total. The first-order valence-corrected chi connectivity index (χ1v) is 3.79. The molecule has 0 radical (unpaired) electrons. The lowest BCUT2D eigenvalue weighted by Crippen LogP contribution is -2.25. The van der Waals surface area contributed by atoms with Crippen LogP contribution in [-0.4, -0.2) is 12.4 Å². The van der Waals surface area contributed by atoms with Crippen molar-refractivity contribution < 1.29 is 0 Å². The second-order valence-electron chi connectivity index (χ2n) is 2.64. The highest BCUT2D eigenvalue weighted by Crippen LogP contribution is 2.02. The van der Waals surface area contributed by atoms with Crippen molar-refractivity contribution in [1.82, 2.24) is 5.32 Å². The molecule has 0 fully saturated rings. The molecule has 0 bridgehead atoms. The van der Waals surface area contributed by atoms with Crippen LogP contribution < -0.4 is 5.32 Å². The molecule has 0 aromatic carbocycles. The lowest BCUT2D eigenvalue weighted by atomic mass is 10.2. The van der Waals surface area contributed by atoms with Crippen LogP contribution in [0, 0.1) is 0 Å². The Morgan fingerprint density at radius 2 is 2.50 bits per heavy atom. The van der Waals surface area contributed by atoms with Gasteiger partial charge in [0.05, 0.1) is 0 Å². The Hall–Kier alpha value is -0.790. The van der Waals surface area contributed by atoms with E-state index in [1.165, 1.54) is 12.0 Å². The van der Waals surface area contributed by atoms with Crippen LogP contribution in [-0.2, 0) is 0 Å². The van der Waals surface area contributed by atoms with Crippen molar-refractivity contribution in [1.29, 1.82) is 0 Å². The summed E-state index contributed by atoms with van der Waals surface area (Å²) in [6, 6.07) is 0. The van der Waals surface area contributed by atoms with Gasteiger partial charge in [0.1, 0.15) is 6.17 Å². The van der Waals surface area contributed by atoms with Crippen molar-refractivity contribution in [3.8, 4) is 0 Å². The molecular formula is C8H14N2. The van der Waals surface area contributed by atoms with Crippen LogP contribution in [0.25, 0.3) is 0 Å². The molecule has 0 spiro atoms. The summed E-state index contributed by atoms with van der Waals surface area (Å²) in [5.74, 6) is 0. The zero-order chi connectivity index (χ0) is 7.40. The van der Waals surface area contributed by atoms with Crippen LogP contribution in [0.4, 0.5) is 0 Å². The first-order chi connectivity index (χ1) is 4.83. The topological polar surface area (TPSA) is 24.4 Å². The van der Waals surface area contributed by atoms with Gasteiger partial charge in [-0.05, 0) is 18.9 Å². The Labute approximate surface area is 62.0 Å². The lowest BCUT2D eigenvalue weighted by molar-refractivity contribution is 0.553. The number of nitrogens with one attached hydrogen (secondary N) is 1. The summed E-state index contributed by atoms with van der Waals surface area (Å²) >= 11 is 0. The average Bonchev–Trinajstić information content (AvgIpc) is 1.95. The van der Waals surface area contributed by atoms with Gasteiger partial charge in [0.2, 0.25) is 0 Å². The van der Waals surface area contributed by atoms with Crippen molar-refractivity contribution in [3.63, 3.8) is 0 Å². The molecule has 0 saturated carbocycles. The highest BCUT2D eigenvalue weighted by molar-refractivity contribution is 5.78. The van der Waals surface area contributed by atoms with Crippen molar-refractivity contribution >= 4 is 6.21 Å². The van der Waals surface area contributed by atoms with E-state index in [4.69, 9.17) is 0 Å². The number of nitrogens with zero attached hydrogens (tertiary/aromatic N) is 1. The van der Waals surface area contributed by atoms with Crippen LogP contribution >= 0.6 is 0 Å². The molecule has 10 heavy (non-hydrogen) atoms. The maximum atomic E-state index is 4.30. The van der Waals surface area contributed by atoms with E-state index in [9.17, 15) is 0 Å².